The topological polar surface area (TPSA) is 106 Å². The van der Waals surface area contributed by atoms with Gasteiger partial charge in [0.1, 0.15) is 11.3 Å². The molecule has 1 N–H and O–H groups in total. The maximum absolute atomic E-state index is 13.6. The number of aryl methyl sites for hydroxylation is 2. The molecule has 41 heavy (non-hydrogen) atoms. The van der Waals surface area contributed by atoms with Crippen LogP contribution < -0.4 is 9.47 Å². The van der Waals surface area contributed by atoms with Gasteiger partial charge in [0.25, 0.3) is 11.7 Å². The summed E-state index contributed by atoms with van der Waals surface area (Å²) in [5, 5.41) is 11.7. The molecule has 0 saturated carbocycles. The minimum absolute atomic E-state index is 0.0193. The van der Waals surface area contributed by atoms with Crippen LogP contribution in [-0.4, -0.2) is 88.6 Å². The second-order valence-corrected chi connectivity index (χ2v) is 10.4. The van der Waals surface area contributed by atoms with E-state index in [4.69, 9.17) is 14.2 Å². The van der Waals surface area contributed by atoms with Gasteiger partial charge in [0.2, 0.25) is 0 Å². The van der Waals surface area contributed by atoms with Crippen molar-refractivity contribution in [2.24, 2.45) is 0 Å². The number of likely N-dealkylation sites (tertiary alicyclic amines) is 1. The molecule has 0 bridgehead atoms. The number of rotatable bonds is 10. The number of carbonyl (C=O) groups excluding carboxylic acids is 2. The number of ether oxygens (including phenoxy) is 3. The van der Waals surface area contributed by atoms with Crippen LogP contribution in [-0.2, 0) is 14.3 Å². The van der Waals surface area contributed by atoms with Crippen molar-refractivity contribution in [3.63, 3.8) is 0 Å². The first-order valence-corrected chi connectivity index (χ1v) is 14.3. The summed E-state index contributed by atoms with van der Waals surface area (Å²) >= 11 is 0. The number of nitrogens with zero attached hydrogens (tertiary/aromatic N) is 4. The normalized spacial score (nSPS) is 19.3. The number of pyridine rings is 1. The van der Waals surface area contributed by atoms with Gasteiger partial charge < -0.3 is 28.6 Å². The number of amides is 1. The molecule has 3 aromatic rings. The summed E-state index contributed by atoms with van der Waals surface area (Å²) in [7, 11) is 0. The van der Waals surface area contributed by atoms with E-state index >= 15 is 0 Å². The number of imidazole rings is 1. The molecule has 218 valence electrons. The predicted octanol–water partition coefficient (Wildman–Crippen LogP) is 3.89. The Morgan fingerprint density at radius 2 is 1.85 bits per heavy atom. The Kier molecular flexibility index (Phi) is 8.60. The van der Waals surface area contributed by atoms with E-state index in [0.29, 0.717) is 67.9 Å². The minimum atomic E-state index is -0.819. The van der Waals surface area contributed by atoms with Gasteiger partial charge in [-0.15, -0.1) is 0 Å². The predicted molar refractivity (Wildman–Crippen MR) is 154 cm³/mol. The Hall–Kier alpha value is -3.89. The standard InChI is InChI=1S/C31H38N4O6/c1-5-16-41-23-10-9-22(19-24(23)40-6-2)27-25(28(36)26-21(4)34-11-7-8-20(3)30(34)32-26)29(37)31(38)35(27)13-12-33-14-17-39-18-15-33/h7-11,19,27,36H,5-6,12-18H2,1-4H3. The molecule has 1 amide bonds. The molecule has 4 heterocycles. The average Bonchev–Trinajstić information content (AvgIpc) is 3.45. The molecule has 2 saturated heterocycles. The average molecular weight is 563 g/mol. The Morgan fingerprint density at radius 3 is 2.56 bits per heavy atom. The molecule has 10 nitrogen and oxygen atoms in total. The first-order valence-electron chi connectivity index (χ1n) is 14.3. The zero-order valence-corrected chi connectivity index (χ0v) is 24.2. The highest BCUT2D eigenvalue weighted by Gasteiger charge is 2.46. The molecule has 2 fully saturated rings. The van der Waals surface area contributed by atoms with Crippen LogP contribution in [0.1, 0.15) is 48.8 Å². The lowest BCUT2D eigenvalue weighted by Gasteiger charge is -2.31. The van der Waals surface area contributed by atoms with Gasteiger partial charge in [-0.1, -0.05) is 19.1 Å². The van der Waals surface area contributed by atoms with Crippen LogP contribution in [0.3, 0.4) is 0 Å². The Balaban J connectivity index is 1.62. The van der Waals surface area contributed by atoms with Gasteiger partial charge in [-0.25, -0.2) is 4.98 Å². The summed E-state index contributed by atoms with van der Waals surface area (Å²) in [5.41, 5.74) is 3.24. The summed E-state index contributed by atoms with van der Waals surface area (Å²) in [6, 6.07) is 8.47. The second kappa shape index (κ2) is 12.3. The van der Waals surface area contributed by atoms with Crippen molar-refractivity contribution in [3.05, 3.63) is 64.6 Å². The zero-order chi connectivity index (χ0) is 29.1. The van der Waals surface area contributed by atoms with Crippen molar-refractivity contribution in [2.45, 2.75) is 40.2 Å². The molecule has 2 aliphatic heterocycles. The number of hydrogen-bond acceptors (Lipinski definition) is 8. The van der Waals surface area contributed by atoms with Gasteiger partial charge in [-0.3, -0.25) is 14.5 Å². The summed E-state index contributed by atoms with van der Waals surface area (Å²) < 4.78 is 19.1. The largest absolute Gasteiger partial charge is 0.505 e. The van der Waals surface area contributed by atoms with Crippen molar-refractivity contribution < 1.29 is 28.9 Å². The van der Waals surface area contributed by atoms with E-state index in [1.165, 1.54) is 0 Å². The van der Waals surface area contributed by atoms with E-state index in [0.717, 1.165) is 25.1 Å². The smallest absolute Gasteiger partial charge is 0.295 e. The fraction of sp³-hybridized carbons (Fsp3) is 0.452. The number of ketones is 1. The minimum Gasteiger partial charge on any atom is -0.505 e. The number of carbonyl (C=O) groups is 2. The van der Waals surface area contributed by atoms with Crippen molar-refractivity contribution in [1.29, 1.82) is 0 Å². The molecule has 2 aliphatic rings. The zero-order valence-electron chi connectivity index (χ0n) is 24.2. The fourth-order valence-corrected chi connectivity index (χ4v) is 5.50. The third kappa shape index (κ3) is 5.54. The van der Waals surface area contributed by atoms with E-state index in [9.17, 15) is 14.7 Å². The number of hydrogen-bond donors (Lipinski definition) is 1. The monoisotopic (exact) mass is 562 g/mol. The number of morpholine rings is 1. The first kappa shape index (κ1) is 28.6. The molecule has 10 heteroatoms. The maximum atomic E-state index is 13.6. The third-order valence-corrected chi connectivity index (χ3v) is 7.65. The van der Waals surface area contributed by atoms with Crippen LogP contribution in [0.5, 0.6) is 11.5 Å². The molecular formula is C31H38N4O6. The van der Waals surface area contributed by atoms with E-state index < -0.39 is 17.7 Å². The summed E-state index contributed by atoms with van der Waals surface area (Å²) in [6.07, 6.45) is 2.70. The number of aromatic nitrogens is 2. The van der Waals surface area contributed by atoms with Gasteiger partial charge in [-0.2, -0.15) is 0 Å². The van der Waals surface area contributed by atoms with E-state index in [1.807, 2.05) is 56.5 Å². The van der Waals surface area contributed by atoms with Crippen LogP contribution in [0.15, 0.2) is 42.1 Å². The highest BCUT2D eigenvalue weighted by atomic mass is 16.5. The Bertz CT molecular complexity index is 1470. The van der Waals surface area contributed by atoms with Gasteiger partial charge in [0, 0.05) is 32.4 Å². The maximum Gasteiger partial charge on any atom is 0.295 e. The van der Waals surface area contributed by atoms with Crippen LogP contribution in [0.2, 0.25) is 0 Å². The molecule has 0 spiro atoms. The second-order valence-electron chi connectivity index (χ2n) is 10.4. The number of aliphatic hydroxyl groups is 1. The number of benzene rings is 1. The molecule has 5 rings (SSSR count). The van der Waals surface area contributed by atoms with Gasteiger partial charge in [0.05, 0.1) is 43.7 Å². The van der Waals surface area contributed by atoms with Crippen molar-refractivity contribution in [2.75, 3.05) is 52.6 Å². The fourth-order valence-electron chi connectivity index (χ4n) is 5.50. The molecule has 2 aromatic heterocycles. The number of fused-ring (bicyclic) bond motifs is 1. The van der Waals surface area contributed by atoms with Crippen LogP contribution in [0.25, 0.3) is 11.4 Å². The van der Waals surface area contributed by atoms with Gasteiger partial charge in [-0.05, 0) is 56.5 Å². The molecule has 0 aliphatic carbocycles. The summed E-state index contributed by atoms with van der Waals surface area (Å²) in [6.45, 7) is 12.3. The lowest BCUT2D eigenvalue weighted by molar-refractivity contribution is -0.140. The first-order chi connectivity index (χ1) is 19.8. The quantitative estimate of drug-likeness (QED) is 0.225. The molecule has 1 aromatic carbocycles. The SMILES string of the molecule is CCCOc1ccc(C2C(=C(O)c3nc4c(C)cccn4c3C)C(=O)C(=O)N2CCN2CCOCC2)cc1OCC. The third-order valence-electron chi connectivity index (χ3n) is 7.65. The lowest BCUT2D eigenvalue weighted by Crippen LogP contribution is -2.42. The lowest BCUT2D eigenvalue weighted by atomic mass is 9.96. The summed E-state index contributed by atoms with van der Waals surface area (Å²) in [4.78, 5) is 35.6. The summed E-state index contributed by atoms with van der Waals surface area (Å²) in [5.74, 6) is -0.545. The van der Waals surface area contributed by atoms with E-state index in [-0.39, 0.29) is 17.0 Å². The van der Waals surface area contributed by atoms with Crippen molar-refractivity contribution >= 4 is 23.1 Å². The Labute approximate surface area is 240 Å². The number of aliphatic hydroxyl groups excluding tert-OH is 1. The van der Waals surface area contributed by atoms with Crippen LogP contribution in [0, 0.1) is 13.8 Å². The van der Waals surface area contributed by atoms with Crippen molar-refractivity contribution in [1.82, 2.24) is 19.2 Å². The van der Waals surface area contributed by atoms with E-state index in [2.05, 4.69) is 9.88 Å². The highest BCUT2D eigenvalue weighted by Crippen LogP contribution is 2.42. The van der Waals surface area contributed by atoms with Crippen LogP contribution in [0.4, 0.5) is 0 Å². The Morgan fingerprint density at radius 1 is 1.07 bits per heavy atom. The molecule has 1 atom stereocenters. The van der Waals surface area contributed by atoms with Crippen LogP contribution >= 0.6 is 0 Å². The highest BCUT2D eigenvalue weighted by molar-refractivity contribution is 6.46. The molecule has 1 unspecified atom stereocenters. The molecule has 0 radical (unpaired) electrons. The van der Waals surface area contributed by atoms with E-state index in [1.54, 1.807) is 17.0 Å². The van der Waals surface area contributed by atoms with Gasteiger partial charge >= 0.3 is 0 Å². The number of Topliss-reactive ketones (excluding diaryl/α,β-unsaturated/α-hetero) is 1. The van der Waals surface area contributed by atoms with Crippen molar-refractivity contribution in [3.8, 4) is 11.5 Å². The van der Waals surface area contributed by atoms with Gasteiger partial charge in [0.15, 0.2) is 17.3 Å². The molecular weight excluding hydrogens is 524 g/mol.